The van der Waals surface area contributed by atoms with Gasteiger partial charge in [-0.15, -0.1) is 0 Å². The van der Waals surface area contributed by atoms with Crippen molar-refractivity contribution in [2.45, 2.75) is 19.5 Å². The quantitative estimate of drug-likeness (QED) is 0.627. The number of carbonyl (C=O) groups is 1. The van der Waals surface area contributed by atoms with E-state index in [0.29, 0.717) is 5.39 Å². The van der Waals surface area contributed by atoms with Gasteiger partial charge in [0.05, 0.1) is 23.7 Å². The van der Waals surface area contributed by atoms with Crippen molar-refractivity contribution in [2.24, 2.45) is 0 Å². The smallest absolute Gasteiger partial charge is 0.274 e. The first kappa shape index (κ1) is 16.5. The van der Waals surface area contributed by atoms with E-state index in [9.17, 15) is 19.8 Å². The van der Waals surface area contributed by atoms with Gasteiger partial charge in [0.25, 0.3) is 11.5 Å². The van der Waals surface area contributed by atoms with Gasteiger partial charge in [0.1, 0.15) is 0 Å². The molecule has 0 aliphatic rings. The highest BCUT2D eigenvalue weighted by Gasteiger charge is 2.17. The average molecular weight is 339 g/mol. The van der Waals surface area contributed by atoms with Crippen LogP contribution in [-0.2, 0) is 6.54 Å². The molecule has 1 atom stereocenters. The van der Waals surface area contributed by atoms with Gasteiger partial charge in [0.15, 0.2) is 11.5 Å². The number of rotatable bonds is 4. The molecule has 0 aliphatic carbocycles. The lowest BCUT2D eigenvalue weighted by Gasteiger charge is -2.15. The van der Waals surface area contributed by atoms with Crippen molar-refractivity contribution in [3.8, 4) is 11.5 Å². The number of hydrogen-bond acceptors (Lipinski definition) is 5. The van der Waals surface area contributed by atoms with E-state index in [1.54, 1.807) is 25.3 Å². The van der Waals surface area contributed by atoms with E-state index in [1.165, 1.54) is 22.9 Å². The summed E-state index contributed by atoms with van der Waals surface area (Å²) in [6.07, 6.45) is 1.60. The molecule has 0 saturated heterocycles. The van der Waals surface area contributed by atoms with Crippen molar-refractivity contribution in [2.75, 3.05) is 0 Å². The number of phenols is 2. The standard InChI is InChI=1S/C18H17N3O4/c1-11(20-17(24)14-7-4-8-15(22)16(14)23)10-21-18(25)13-6-3-2-5-12(13)9-19-21/h2-9,11,22-23H,10H2,1H3,(H,20,24). The largest absolute Gasteiger partial charge is 0.504 e. The van der Waals surface area contributed by atoms with Crippen molar-refractivity contribution in [3.63, 3.8) is 0 Å². The minimum absolute atomic E-state index is 0.0364. The van der Waals surface area contributed by atoms with Crippen LogP contribution in [0.3, 0.4) is 0 Å². The van der Waals surface area contributed by atoms with Crippen LogP contribution in [0.4, 0.5) is 0 Å². The van der Waals surface area contributed by atoms with Crippen molar-refractivity contribution in [1.82, 2.24) is 15.1 Å². The molecule has 3 N–H and O–H groups in total. The van der Waals surface area contributed by atoms with Crippen molar-refractivity contribution in [3.05, 3.63) is 64.6 Å². The summed E-state index contributed by atoms with van der Waals surface area (Å²) in [7, 11) is 0. The predicted octanol–water partition coefficient (Wildman–Crippen LogP) is 1.63. The number of phenolic OH excluding ortho intramolecular Hbond substituents is 2. The zero-order valence-corrected chi connectivity index (χ0v) is 13.5. The number of hydrogen-bond donors (Lipinski definition) is 3. The molecular formula is C18H17N3O4. The van der Waals surface area contributed by atoms with Crippen LogP contribution < -0.4 is 10.9 Å². The Hall–Kier alpha value is -3.35. The van der Waals surface area contributed by atoms with E-state index in [4.69, 9.17) is 0 Å². The summed E-state index contributed by atoms with van der Waals surface area (Å²) in [6, 6.07) is 10.9. The topological polar surface area (TPSA) is 104 Å². The van der Waals surface area contributed by atoms with Crippen LogP contribution >= 0.6 is 0 Å². The van der Waals surface area contributed by atoms with Crippen LogP contribution in [0, 0.1) is 0 Å². The Bertz CT molecular complexity index is 997. The normalized spacial score (nSPS) is 12.0. The van der Waals surface area contributed by atoms with Crippen LogP contribution in [0.15, 0.2) is 53.5 Å². The molecule has 0 aliphatic heterocycles. The van der Waals surface area contributed by atoms with E-state index in [2.05, 4.69) is 10.4 Å². The second-order valence-electron chi connectivity index (χ2n) is 5.77. The maximum atomic E-state index is 12.4. The fraction of sp³-hybridized carbons (Fsp3) is 0.167. The molecule has 1 heterocycles. The molecule has 0 spiro atoms. The van der Waals surface area contributed by atoms with E-state index in [-0.39, 0.29) is 23.4 Å². The minimum Gasteiger partial charge on any atom is -0.504 e. The van der Waals surface area contributed by atoms with Crippen LogP contribution in [0.2, 0.25) is 0 Å². The number of nitrogens with one attached hydrogen (secondary N) is 1. The molecule has 0 saturated carbocycles. The monoisotopic (exact) mass is 339 g/mol. The maximum Gasteiger partial charge on any atom is 0.274 e. The third-order valence-corrected chi connectivity index (χ3v) is 3.85. The summed E-state index contributed by atoms with van der Waals surface area (Å²) in [5.74, 6) is -1.39. The maximum absolute atomic E-state index is 12.4. The first-order valence-electron chi connectivity index (χ1n) is 7.74. The fourth-order valence-corrected chi connectivity index (χ4v) is 2.58. The Balaban J connectivity index is 1.78. The van der Waals surface area contributed by atoms with Crippen molar-refractivity contribution < 1.29 is 15.0 Å². The fourth-order valence-electron chi connectivity index (χ4n) is 2.58. The molecule has 3 aromatic rings. The van der Waals surface area contributed by atoms with E-state index < -0.39 is 17.7 Å². The van der Waals surface area contributed by atoms with Gasteiger partial charge in [-0.25, -0.2) is 4.68 Å². The van der Waals surface area contributed by atoms with Crippen LogP contribution in [0.25, 0.3) is 10.8 Å². The number of para-hydroxylation sites is 1. The molecule has 1 unspecified atom stereocenters. The average Bonchev–Trinajstić information content (AvgIpc) is 2.60. The molecule has 0 bridgehead atoms. The lowest BCUT2D eigenvalue weighted by atomic mass is 10.1. The Morgan fingerprint density at radius 3 is 2.76 bits per heavy atom. The van der Waals surface area contributed by atoms with Crippen molar-refractivity contribution >= 4 is 16.7 Å². The lowest BCUT2D eigenvalue weighted by molar-refractivity contribution is 0.0932. The van der Waals surface area contributed by atoms with Gasteiger partial charge in [0, 0.05) is 11.4 Å². The number of nitrogens with zero attached hydrogens (tertiary/aromatic N) is 2. The second kappa shape index (κ2) is 6.64. The highest BCUT2D eigenvalue weighted by atomic mass is 16.3. The molecule has 7 heteroatoms. The molecule has 2 aromatic carbocycles. The van der Waals surface area contributed by atoms with Gasteiger partial charge in [0.2, 0.25) is 0 Å². The zero-order chi connectivity index (χ0) is 18.0. The van der Waals surface area contributed by atoms with Gasteiger partial charge < -0.3 is 15.5 Å². The SMILES string of the molecule is CC(Cn1ncc2ccccc2c1=O)NC(=O)c1cccc(O)c1O. The summed E-state index contributed by atoms with van der Waals surface area (Å²) in [5.41, 5.74) is -0.273. The van der Waals surface area contributed by atoms with Gasteiger partial charge in [-0.05, 0) is 25.1 Å². The Kier molecular flexibility index (Phi) is 4.38. The number of amides is 1. The number of carbonyl (C=O) groups excluding carboxylic acids is 1. The van der Waals surface area contributed by atoms with Gasteiger partial charge in [-0.2, -0.15) is 5.10 Å². The summed E-state index contributed by atoms with van der Waals surface area (Å²) in [4.78, 5) is 24.7. The van der Waals surface area contributed by atoms with Gasteiger partial charge in [-0.1, -0.05) is 24.3 Å². The van der Waals surface area contributed by atoms with E-state index >= 15 is 0 Å². The molecular weight excluding hydrogens is 322 g/mol. The van der Waals surface area contributed by atoms with Crippen LogP contribution in [0.5, 0.6) is 11.5 Å². The molecule has 3 rings (SSSR count). The summed E-state index contributed by atoms with van der Waals surface area (Å²) < 4.78 is 1.29. The molecule has 0 fully saturated rings. The number of aromatic nitrogens is 2. The Morgan fingerprint density at radius 2 is 1.96 bits per heavy atom. The summed E-state index contributed by atoms with van der Waals surface area (Å²) in [6.45, 7) is 1.90. The number of benzene rings is 2. The summed E-state index contributed by atoms with van der Waals surface area (Å²) in [5, 5.41) is 27.3. The highest BCUT2D eigenvalue weighted by Crippen LogP contribution is 2.27. The Labute approximate surface area is 143 Å². The van der Waals surface area contributed by atoms with Gasteiger partial charge in [-0.3, -0.25) is 9.59 Å². The molecule has 0 radical (unpaired) electrons. The first-order chi connectivity index (χ1) is 12.0. The molecule has 1 aromatic heterocycles. The van der Waals surface area contributed by atoms with Crippen LogP contribution in [-0.4, -0.2) is 31.9 Å². The molecule has 7 nitrogen and oxygen atoms in total. The summed E-state index contributed by atoms with van der Waals surface area (Å²) >= 11 is 0. The van der Waals surface area contributed by atoms with Crippen LogP contribution in [0.1, 0.15) is 17.3 Å². The minimum atomic E-state index is -0.547. The van der Waals surface area contributed by atoms with E-state index in [1.807, 2.05) is 12.1 Å². The number of aromatic hydroxyl groups is 2. The van der Waals surface area contributed by atoms with E-state index in [0.717, 1.165) is 5.39 Å². The molecule has 25 heavy (non-hydrogen) atoms. The molecule has 128 valence electrons. The highest BCUT2D eigenvalue weighted by molar-refractivity contribution is 5.97. The zero-order valence-electron chi connectivity index (χ0n) is 13.5. The third-order valence-electron chi connectivity index (χ3n) is 3.85. The lowest BCUT2D eigenvalue weighted by Crippen LogP contribution is -2.39. The second-order valence-corrected chi connectivity index (χ2v) is 5.77. The predicted molar refractivity (Wildman–Crippen MR) is 92.7 cm³/mol. The first-order valence-corrected chi connectivity index (χ1v) is 7.74. The van der Waals surface area contributed by atoms with Crippen molar-refractivity contribution in [1.29, 1.82) is 0 Å². The Morgan fingerprint density at radius 1 is 1.20 bits per heavy atom. The van der Waals surface area contributed by atoms with Gasteiger partial charge >= 0.3 is 0 Å². The number of fused-ring (bicyclic) bond motifs is 1. The molecule has 1 amide bonds. The third kappa shape index (κ3) is 3.30.